The summed E-state index contributed by atoms with van der Waals surface area (Å²) in [5, 5.41) is 99.6. The molecular formula is C36H42O10. The van der Waals surface area contributed by atoms with Crippen LogP contribution in [0.15, 0.2) is 60.7 Å². The van der Waals surface area contributed by atoms with Crippen LogP contribution in [-0.2, 0) is 38.5 Å². The van der Waals surface area contributed by atoms with Crippen molar-refractivity contribution in [2.24, 2.45) is 11.8 Å². The third-order valence-corrected chi connectivity index (χ3v) is 8.54. The molecule has 0 saturated heterocycles. The van der Waals surface area contributed by atoms with Crippen LogP contribution in [0.5, 0.6) is 46.0 Å². The molecule has 0 amide bonds. The maximum atomic E-state index is 10.5. The van der Waals surface area contributed by atoms with Crippen molar-refractivity contribution in [2.45, 2.75) is 51.4 Å². The van der Waals surface area contributed by atoms with Crippen molar-refractivity contribution in [1.82, 2.24) is 0 Å². The fourth-order valence-electron chi connectivity index (χ4n) is 5.94. The van der Waals surface area contributed by atoms with Gasteiger partial charge in [-0.05, 0) is 133 Å². The SMILES string of the molecule is OCCC[C@@H](Cc1ccc(O)c(CCc2cc(O)c(O)c(O)c2)c1)[C@@H](CO)Cc1ccc(O)c(CCc2cc(O)c(O)c(O)c2)c1. The summed E-state index contributed by atoms with van der Waals surface area (Å²) in [7, 11) is 0. The van der Waals surface area contributed by atoms with E-state index in [0.717, 1.165) is 11.1 Å². The minimum Gasteiger partial charge on any atom is -0.508 e. The first-order valence-electron chi connectivity index (χ1n) is 15.3. The smallest absolute Gasteiger partial charge is 0.200 e. The molecule has 0 aliphatic carbocycles. The monoisotopic (exact) mass is 634 g/mol. The Balaban J connectivity index is 1.47. The minimum atomic E-state index is -0.584. The number of rotatable bonds is 15. The van der Waals surface area contributed by atoms with Crippen LogP contribution in [0.3, 0.4) is 0 Å². The summed E-state index contributed by atoms with van der Waals surface area (Å²) in [5.41, 5.74) is 4.35. The number of aromatic hydroxyl groups is 8. The number of aryl methyl sites for hydroxylation is 4. The Morgan fingerprint density at radius 1 is 0.435 bits per heavy atom. The average molecular weight is 635 g/mol. The molecule has 0 aromatic heterocycles. The second-order valence-corrected chi connectivity index (χ2v) is 11.9. The van der Waals surface area contributed by atoms with Gasteiger partial charge in [0, 0.05) is 13.2 Å². The van der Waals surface area contributed by atoms with E-state index in [9.17, 15) is 51.1 Å². The van der Waals surface area contributed by atoms with Crippen LogP contribution >= 0.6 is 0 Å². The Hall–Kier alpha value is -4.80. The molecule has 0 aliphatic rings. The van der Waals surface area contributed by atoms with Gasteiger partial charge in [0.15, 0.2) is 34.5 Å². The van der Waals surface area contributed by atoms with Crippen LogP contribution in [0.4, 0.5) is 0 Å². The van der Waals surface area contributed by atoms with Gasteiger partial charge < -0.3 is 51.1 Å². The zero-order valence-corrected chi connectivity index (χ0v) is 25.5. The third kappa shape index (κ3) is 8.68. The van der Waals surface area contributed by atoms with Gasteiger partial charge >= 0.3 is 0 Å². The Morgan fingerprint density at radius 2 is 0.848 bits per heavy atom. The van der Waals surface area contributed by atoms with Gasteiger partial charge in [-0.2, -0.15) is 0 Å². The van der Waals surface area contributed by atoms with Crippen molar-refractivity contribution in [3.63, 3.8) is 0 Å². The van der Waals surface area contributed by atoms with Gasteiger partial charge in [0.25, 0.3) is 0 Å². The van der Waals surface area contributed by atoms with Gasteiger partial charge in [0.1, 0.15) is 11.5 Å². The molecule has 0 heterocycles. The van der Waals surface area contributed by atoms with E-state index in [4.69, 9.17) is 0 Å². The van der Waals surface area contributed by atoms with Gasteiger partial charge in [0.2, 0.25) is 0 Å². The number of benzene rings is 4. The molecule has 2 atom stereocenters. The lowest BCUT2D eigenvalue weighted by molar-refractivity contribution is 0.158. The Bertz CT molecular complexity index is 1590. The van der Waals surface area contributed by atoms with Crippen molar-refractivity contribution in [1.29, 1.82) is 0 Å². The highest BCUT2D eigenvalue weighted by Gasteiger charge is 2.23. The Labute approximate surface area is 267 Å². The lowest BCUT2D eigenvalue weighted by Gasteiger charge is -2.26. The van der Waals surface area contributed by atoms with E-state index >= 15 is 0 Å². The molecule has 10 nitrogen and oxygen atoms in total. The van der Waals surface area contributed by atoms with Crippen molar-refractivity contribution in [3.8, 4) is 46.0 Å². The molecule has 0 aliphatic heterocycles. The summed E-state index contributed by atoms with van der Waals surface area (Å²) in [6.45, 7) is -0.0926. The molecule has 4 aromatic carbocycles. The molecule has 10 heteroatoms. The van der Waals surface area contributed by atoms with Gasteiger partial charge in [-0.25, -0.2) is 0 Å². The molecule has 0 spiro atoms. The van der Waals surface area contributed by atoms with Gasteiger partial charge in [-0.1, -0.05) is 24.3 Å². The van der Waals surface area contributed by atoms with Crippen LogP contribution < -0.4 is 0 Å². The predicted octanol–water partition coefficient (Wildman–Crippen LogP) is 4.68. The number of aliphatic hydroxyl groups is 2. The molecule has 0 fully saturated rings. The van der Waals surface area contributed by atoms with E-state index in [1.807, 2.05) is 18.2 Å². The largest absolute Gasteiger partial charge is 0.508 e. The summed E-state index contributed by atoms with van der Waals surface area (Å²) < 4.78 is 0. The molecule has 0 unspecified atom stereocenters. The number of hydrogen-bond acceptors (Lipinski definition) is 10. The summed E-state index contributed by atoms with van der Waals surface area (Å²) in [5.74, 6) is -2.84. The number of phenolic OH excluding ortho intramolecular Hbond substituents is 8. The van der Waals surface area contributed by atoms with Crippen LogP contribution in [-0.4, -0.2) is 64.3 Å². The van der Waals surface area contributed by atoms with Gasteiger partial charge in [-0.3, -0.25) is 0 Å². The third-order valence-electron chi connectivity index (χ3n) is 8.54. The number of aliphatic hydroxyl groups excluding tert-OH is 2. The first kappa shape index (κ1) is 34.1. The minimum absolute atomic E-state index is 0.00746. The summed E-state index contributed by atoms with van der Waals surface area (Å²) >= 11 is 0. The van der Waals surface area contributed by atoms with E-state index < -0.39 is 34.5 Å². The van der Waals surface area contributed by atoms with Crippen molar-refractivity contribution >= 4 is 0 Å². The number of hydrogen-bond donors (Lipinski definition) is 10. The highest BCUT2D eigenvalue weighted by molar-refractivity contribution is 5.52. The molecule has 246 valence electrons. The highest BCUT2D eigenvalue weighted by atomic mass is 16.3. The predicted molar refractivity (Wildman–Crippen MR) is 172 cm³/mol. The van der Waals surface area contributed by atoms with Crippen LogP contribution in [0.25, 0.3) is 0 Å². The lowest BCUT2D eigenvalue weighted by Crippen LogP contribution is -2.24. The lowest BCUT2D eigenvalue weighted by atomic mass is 9.80. The van der Waals surface area contributed by atoms with E-state index in [1.165, 1.54) is 24.3 Å². The maximum absolute atomic E-state index is 10.5. The Kier molecular flexibility index (Phi) is 11.5. The topological polar surface area (TPSA) is 202 Å². The van der Waals surface area contributed by atoms with Crippen molar-refractivity contribution < 1.29 is 51.1 Å². The second-order valence-electron chi connectivity index (χ2n) is 11.9. The molecule has 4 rings (SSSR count). The molecule has 0 bridgehead atoms. The van der Waals surface area contributed by atoms with Crippen molar-refractivity contribution in [3.05, 3.63) is 94.0 Å². The fourth-order valence-corrected chi connectivity index (χ4v) is 5.94. The second kappa shape index (κ2) is 15.5. The maximum Gasteiger partial charge on any atom is 0.200 e. The molecular weight excluding hydrogens is 592 g/mol. The average Bonchev–Trinajstić information content (AvgIpc) is 3.03. The zero-order chi connectivity index (χ0) is 33.4. The van der Waals surface area contributed by atoms with E-state index in [-0.39, 0.29) is 36.5 Å². The summed E-state index contributed by atoms with van der Waals surface area (Å²) in [6.07, 6.45) is 3.89. The van der Waals surface area contributed by atoms with E-state index in [2.05, 4.69) is 0 Å². The van der Waals surface area contributed by atoms with E-state index in [1.54, 1.807) is 18.2 Å². The molecule has 46 heavy (non-hydrogen) atoms. The first-order valence-corrected chi connectivity index (χ1v) is 15.3. The zero-order valence-electron chi connectivity index (χ0n) is 25.5. The fraction of sp³-hybridized carbons (Fsp3) is 0.333. The molecule has 0 saturated carbocycles. The molecule has 10 N–H and O–H groups in total. The standard InChI is InChI=1S/C36H42O10/c37-11-1-2-25(12-21-5-9-29(39)26(13-21)7-3-23-16-31(41)35(45)32(42)17-23)28(20-38)15-22-6-10-30(40)27(14-22)8-4-24-18-33(43)36(46)34(44)19-24/h5-6,9-10,13-14,16-19,25,28,37-46H,1-4,7-8,11-12,15,20H2/t25-,28+/m0/s1. The Morgan fingerprint density at radius 3 is 1.24 bits per heavy atom. The summed E-state index contributed by atoms with van der Waals surface area (Å²) in [4.78, 5) is 0. The van der Waals surface area contributed by atoms with Crippen LogP contribution in [0.1, 0.15) is 46.2 Å². The summed E-state index contributed by atoms with van der Waals surface area (Å²) in [6, 6.07) is 16.1. The normalized spacial score (nSPS) is 12.7. The van der Waals surface area contributed by atoms with Gasteiger partial charge in [0.05, 0.1) is 0 Å². The highest BCUT2D eigenvalue weighted by Crippen LogP contribution is 2.37. The number of phenols is 8. The van der Waals surface area contributed by atoms with E-state index in [0.29, 0.717) is 73.6 Å². The van der Waals surface area contributed by atoms with Crippen LogP contribution in [0.2, 0.25) is 0 Å². The van der Waals surface area contributed by atoms with Crippen LogP contribution in [0, 0.1) is 11.8 Å². The van der Waals surface area contributed by atoms with Gasteiger partial charge in [-0.15, -0.1) is 0 Å². The molecule has 4 aromatic rings. The first-order chi connectivity index (χ1) is 22.0. The molecule has 0 radical (unpaired) electrons. The van der Waals surface area contributed by atoms with Crippen molar-refractivity contribution in [2.75, 3.05) is 13.2 Å². The quantitative estimate of drug-likeness (QED) is 0.0818.